The van der Waals surface area contributed by atoms with Crippen LogP contribution in [-0.4, -0.2) is 37.4 Å². The fourth-order valence-corrected chi connectivity index (χ4v) is 2.48. The van der Waals surface area contributed by atoms with Crippen LogP contribution >= 0.6 is 0 Å². The molecule has 1 heterocycles. The molecule has 0 amide bonds. The lowest BCUT2D eigenvalue weighted by Gasteiger charge is -2.33. The van der Waals surface area contributed by atoms with Gasteiger partial charge in [-0.3, -0.25) is 0 Å². The van der Waals surface area contributed by atoms with E-state index < -0.39 is 5.97 Å². The minimum atomic E-state index is -0.872. The Morgan fingerprint density at radius 1 is 1.39 bits per heavy atom. The van der Waals surface area contributed by atoms with Gasteiger partial charge in [0.2, 0.25) is 0 Å². The van der Waals surface area contributed by atoms with Crippen molar-refractivity contribution in [2.75, 3.05) is 25.1 Å². The summed E-state index contributed by atoms with van der Waals surface area (Å²) in [5.41, 5.74) is 2.50. The Kier molecular flexibility index (Phi) is 3.87. The fraction of sp³-hybridized carbons (Fsp3) is 0.500. The molecule has 4 nitrogen and oxygen atoms in total. The lowest BCUT2D eigenvalue weighted by Crippen LogP contribution is -2.37. The third-order valence-electron chi connectivity index (χ3n) is 3.56. The van der Waals surface area contributed by atoms with E-state index >= 15 is 0 Å². The molecule has 0 aromatic heterocycles. The average molecular weight is 249 g/mol. The number of hydrogen-bond acceptors (Lipinski definition) is 3. The van der Waals surface area contributed by atoms with Gasteiger partial charge in [0.15, 0.2) is 0 Å². The predicted molar refractivity (Wildman–Crippen MR) is 70.4 cm³/mol. The quantitative estimate of drug-likeness (QED) is 0.893. The molecule has 2 rings (SSSR count). The van der Waals surface area contributed by atoms with E-state index in [1.165, 1.54) is 0 Å². The highest BCUT2D eigenvalue weighted by Crippen LogP contribution is 2.25. The van der Waals surface area contributed by atoms with Gasteiger partial charge in [0.05, 0.1) is 11.7 Å². The highest BCUT2D eigenvalue weighted by atomic mass is 16.5. The monoisotopic (exact) mass is 249 g/mol. The molecule has 1 saturated heterocycles. The molecular weight excluding hydrogens is 230 g/mol. The summed E-state index contributed by atoms with van der Waals surface area (Å²) in [4.78, 5) is 13.2. The van der Waals surface area contributed by atoms with Crippen molar-refractivity contribution in [1.82, 2.24) is 0 Å². The lowest BCUT2D eigenvalue weighted by atomic mass is 10.0. The first kappa shape index (κ1) is 12.9. The number of carboxylic acid groups (broad SMARTS) is 1. The number of piperidine rings is 1. The van der Waals surface area contributed by atoms with E-state index in [0.717, 1.165) is 37.2 Å². The van der Waals surface area contributed by atoms with Gasteiger partial charge < -0.3 is 14.7 Å². The van der Waals surface area contributed by atoms with Gasteiger partial charge in [-0.1, -0.05) is 0 Å². The SMILES string of the molecule is COC1CCN(c2ccc(C(=O)O)cc2C)CC1. The lowest BCUT2D eigenvalue weighted by molar-refractivity contribution is 0.0697. The van der Waals surface area contributed by atoms with Crippen LogP contribution in [0.25, 0.3) is 0 Å². The zero-order valence-corrected chi connectivity index (χ0v) is 10.8. The molecule has 1 fully saturated rings. The number of methoxy groups -OCH3 is 1. The summed E-state index contributed by atoms with van der Waals surface area (Å²) in [7, 11) is 1.76. The minimum Gasteiger partial charge on any atom is -0.478 e. The highest BCUT2D eigenvalue weighted by molar-refractivity contribution is 5.88. The Morgan fingerprint density at radius 2 is 2.06 bits per heavy atom. The van der Waals surface area contributed by atoms with Crippen molar-refractivity contribution in [2.24, 2.45) is 0 Å². The number of aryl methyl sites for hydroxylation is 1. The number of benzene rings is 1. The number of hydrogen-bond donors (Lipinski definition) is 1. The molecule has 0 unspecified atom stereocenters. The first-order valence-electron chi connectivity index (χ1n) is 6.23. The molecule has 1 aromatic rings. The van der Waals surface area contributed by atoms with Crippen molar-refractivity contribution >= 4 is 11.7 Å². The van der Waals surface area contributed by atoms with E-state index in [9.17, 15) is 4.79 Å². The number of carbonyl (C=O) groups is 1. The van der Waals surface area contributed by atoms with E-state index in [4.69, 9.17) is 9.84 Å². The van der Waals surface area contributed by atoms with Gasteiger partial charge in [0.25, 0.3) is 0 Å². The maximum absolute atomic E-state index is 10.9. The molecule has 0 spiro atoms. The van der Waals surface area contributed by atoms with Gasteiger partial charge in [-0.05, 0) is 43.5 Å². The predicted octanol–water partition coefficient (Wildman–Crippen LogP) is 2.31. The molecule has 0 saturated carbocycles. The van der Waals surface area contributed by atoms with Gasteiger partial charge in [-0.2, -0.15) is 0 Å². The van der Waals surface area contributed by atoms with Crippen LogP contribution in [-0.2, 0) is 4.74 Å². The summed E-state index contributed by atoms with van der Waals surface area (Å²) in [6.07, 6.45) is 2.41. The second kappa shape index (κ2) is 5.40. The zero-order chi connectivity index (χ0) is 13.1. The number of ether oxygens (including phenoxy) is 1. The minimum absolute atomic E-state index is 0.350. The van der Waals surface area contributed by atoms with Gasteiger partial charge in [0.1, 0.15) is 0 Å². The van der Waals surface area contributed by atoms with Crippen molar-refractivity contribution in [1.29, 1.82) is 0 Å². The Labute approximate surface area is 107 Å². The molecule has 0 bridgehead atoms. The van der Waals surface area contributed by atoms with Crippen molar-refractivity contribution in [3.8, 4) is 0 Å². The summed E-state index contributed by atoms with van der Waals surface area (Å²) >= 11 is 0. The maximum Gasteiger partial charge on any atom is 0.335 e. The van der Waals surface area contributed by atoms with Crippen LogP contribution in [0.15, 0.2) is 18.2 Å². The second-order valence-corrected chi connectivity index (χ2v) is 4.73. The van der Waals surface area contributed by atoms with Crippen LogP contribution in [0.4, 0.5) is 5.69 Å². The van der Waals surface area contributed by atoms with Gasteiger partial charge in [0, 0.05) is 25.9 Å². The second-order valence-electron chi connectivity index (χ2n) is 4.73. The van der Waals surface area contributed by atoms with Crippen molar-refractivity contribution < 1.29 is 14.6 Å². The van der Waals surface area contributed by atoms with Crippen LogP contribution in [0.1, 0.15) is 28.8 Å². The van der Waals surface area contributed by atoms with E-state index in [1.807, 2.05) is 13.0 Å². The van der Waals surface area contributed by atoms with Crippen molar-refractivity contribution in [3.05, 3.63) is 29.3 Å². The molecule has 0 radical (unpaired) electrons. The van der Waals surface area contributed by atoms with Gasteiger partial charge in [-0.25, -0.2) is 4.79 Å². The van der Waals surface area contributed by atoms with E-state index in [1.54, 1.807) is 19.2 Å². The van der Waals surface area contributed by atoms with Crippen LogP contribution in [0.3, 0.4) is 0 Å². The highest BCUT2D eigenvalue weighted by Gasteiger charge is 2.20. The molecule has 1 aromatic carbocycles. The van der Waals surface area contributed by atoms with Crippen LogP contribution in [0.2, 0.25) is 0 Å². The first-order chi connectivity index (χ1) is 8.61. The third kappa shape index (κ3) is 2.64. The summed E-state index contributed by atoms with van der Waals surface area (Å²) in [6, 6.07) is 5.32. The van der Waals surface area contributed by atoms with Gasteiger partial charge >= 0.3 is 5.97 Å². The third-order valence-corrected chi connectivity index (χ3v) is 3.56. The fourth-order valence-electron chi connectivity index (χ4n) is 2.48. The topological polar surface area (TPSA) is 49.8 Å². The van der Waals surface area contributed by atoms with E-state index in [0.29, 0.717) is 11.7 Å². The Hall–Kier alpha value is -1.55. The van der Waals surface area contributed by atoms with E-state index in [-0.39, 0.29) is 0 Å². The number of carboxylic acids is 1. The number of anilines is 1. The number of nitrogens with zero attached hydrogens (tertiary/aromatic N) is 1. The van der Waals surface area contributed by atoms with Crippen molar-refractivity contribution in [3.63, 3.8) is 0 Å². The first-order valence-corrected chi connectivity index (χ1v) is 6.23. The molecule has 0 aliphatic carbocycles. The maximum atomic E-state index is 10.9. The largest absolute Gasteiger partial charge is 0.478 e. The van der Waals surface area contributed by atoms with Crippen LogP contribution < -0.4 is 4.90 Å². The molecule has 1 N–H and O–H groups in total. The molecule has 0 atom stereocenters. The Balaban J connectivity index is 2.12. The Bertz CT molecular complexity index is 437. The molecule has 4 heteroatoms. The summed E-state index contributed by atoms with van der Waals surface area (Å²) in [5, 5.41) is 8.95. The summed E-state index contributed by atoms with van der Waals surface area (Å²) in [5.74, 6) is -0.872. The number of rotatable bonds is 3. The smallest absolute Gasteiger partial charge is 0.335 e. The van der Waals surface area contributed by atoms with Crippen LogP contribution in [0, 0.1) is 6.92 Å². The summed E-state index contributed by atoms with van der Waals surface area (Å²) in [6.45, 7) is 3.89. The number of aromatic carboxylic acids is 1. The average Bonchev–Trinajstić information content (AvgIpc) is 2.38. The molecule has 18 heavy (non-hydrogen) atoms. The normalized spacial score (nSPS) is 16.9. The summed E-state index contributed by atoms with van der Waals surface area (Å²) < 4.78 is 5.35. The molecule has 1 aliphatic heterocycles. The molecule has 1 aliphatic rings. The van der Waals surface area contributed by atoms with E-state index in [2.05, 4.69) is 4.90 Å². The molecule has 98 valence electrons. The van der Waals surface area contributed by atoms with Crippen LogP contribution in [0.5, 0.6) is 0 Å². The Morgan fingerprint density at radius 3 is 2.56 bits per heavy atom. The van der Waals surface area contributed by atoms with Crippen molar-refractivity contribution in [2.45, 2.75) is 25.9 Å². The zero-order valence-electron chi connectivity index (χ0n) is 10.8. The van der Waals surface area contributed by atoms with Gasteiger partial charge in [-0.15, -0.1) is 0 Å². The standard InChI is InChI=1S/C14H19NO3/c1-10-9-11(14(16)17)3-4-13(10)15-7-5-12(18-2)6-8-15/h3-4,9,12H,5-8H2,1-2H3,(H,16,17). The molecular formula is C14H19NO3.